The van der Waals surface area contributed by atoms with E-state index in [0.29, 0.717) is 6.54 Å². The van der Waals surface area contributed by atoms with Crippen LogP contribution < -0.4 is 10.2 Å². The summed E-state index contributed by atoms with van der Waals surface area (Å²) in [5.41, 5.74) is 6.22. The standard InChI is InChI=1S/C21H24N2O2/c1-13-7-14(2)9-19(8-13)23-12-17(11-20(23)24)21(25)22-18-6-5-15(3)16(4)10-18/h5-10,17H,11-12H2,1-4H3,(H,22,25). The molecule has 1 atom stereocenters. The number of hydrogen-bond donors (Lipinski definition) is 1. The minimum Gasteiger partial charge on any atom is -0.326 e. The van der Waals surface area contributed by atoms with Crippen molar-refractivity contribution in [2.75, 3.05) is 16.8 Å². The lowest BCUT2D eigenvalue weighted by atomic mass is 10.1. The molecule has 0 spiro atoms. The first-order valence-corrected chi connectivity index (χ1v) is 8.60. The van der Waals surface area contributed by atoms with Crippen LogP contribution in [0.4, 0.5) is 11.4 Å². The number of anilines is 2. The van der Waals surface area contributed by atoms with Gasteiger partial charge in [0.1, 0.15) is 0 Å². The van der Waals surface area contributed by atoms with Gasteiger partial charge in [-0.15, -0.1) is 0 Å². The van der Waals surface area contributed by atoms with E-state index in [1.54, 1.807) is 4.90 Å². The monoisotopic (exact) mass is 336 g/mol. The van der Waals surface area contributed by atoms with Crippen molar-refractivity contribution in [2.24, 2.45) is 5.92 Å². The van der Waals surface area contributed by atoms with Gasteiger partial charge in [-0.3, -0.25) is 9.59 Å². The number of rotatable bonds is 3. The third-order valence-corrected chi connectivity index (χ3v) is 4.79. The molecule has 0 saturated carbocycles. The van der Waals surface area contributed by atoms with Gasteiger partial charge in [0.25, 0.3) is 0 Å². The highest BCUT2D eigenvalue weighted by molar-refractivity contribution is 6.03. The predicted octanol–water partition coefficient (Wildman–Crippen LogP) is 3.91. The summed E-state index contributed by atoms with van der Waals surface area (Å²) in [6.45, 7) is 8.52. The maximum absolute atomic E-state index is 12.6. The van der Waals surface area contributed by atoms with Crippen molar-refractivity contribution in [3.8, 4) is 0 Å². The van der Waals surface area contributed by atoms with Crippen molar-refractivity contribution in [3.05, 3.63) is 58.7 Å². The molecule has 2 aromatic carbocycles. The average molecular weight is 336 g/mol. The number of amides is 2. The van der Waals surface area contributed by atoms with Gasteiger partial charge in [-0.1, -0.05) is 12.1 Å². The molecule has 2 aromatic rings. The molecule has 1 saturated heterocycles. The lowest BCUT2D eigenvalue weighted by Crippen LogP contribution is -2.28. The van der Waals surface area contributed by atoms with Gasteiger partial charge in [0, 0.05) is 24.3 Å². The SMILES string of the molecule is Cc1cc(C)cc(N2CC(C(=O)Nc3ccc(C)c(C)c3)CC2=O)c1. The van der Waals surface area contributed by atoms with Crippen molar-refractivity contribution in [2.45, 2.75) is 34.1 Å². The second kappa shape index (κ2) is 6.71. The van der Waals surface area contributed by atoms with E-state index in [1.807, 2.05) is 58.0 Å². The first-order valence-electron chi connectivity index (χ1n) is 8.60. The van der Waals surface area contributed by atoms with Gasteiger partial charge in [0.15, 0.2) is 0 Å². The Hall–Kier alpha value is -2.62. The van der Waals surface area contributed by atoms with Gasteiger partial charge in [-0.05, 0) is 74.2 Å². The van der Waals surface area contributed by atoms with Crippen LogP contribution >= 0.6 is 0 Å². The van der Waals surface area contributed by atoms with Crippen LogP contribution in [0.25, 0.3) is 0 Å². The zero-order valence-electron chi connectivity index (χ0n) is 15.2. The number of aryl methyl sites for hydroxylation is 4. The number of benzene rings is 2. The van der Waals surface area contributed by atoms with E-state index in [4.69, 9.17) is 0 Å². The van der Waals surface area contributed by atoms with Crippen LogP contribution in [0.1, 0.15) is 28.7 Å². The van der Waals surface area contributed by atoms with Crippen LogP contribution in [0.15, 0.2) is 36.4 Å². The van der Waals surface area contributed by atoms with Crippen molar-refractivity contribution >= 4 is 23.2 Å². The van der Waals surface area contributed by atoms with Crippen LogP contribution in [-0.4, -0.2) is 18.4 Å². The van der Waals surface area contributed by atoms with Gasteiger partial charge in [-0.25, -0.2) is 0 Å². The zero-order chi connectivity index (χ0) is 18.1. The molecular formula is C21H24N2O2. The molecule has 25 heavy (non-hydrogen) atoms. The van der Waals surface area contributed by atoms with Crippen molar-refractivity contribution in [3.63, 3.8) is 0 Å². The third kappa shape index (κ3) is 3.73. The Morgan fingerprint density at radius 3 is 2.32 bits per heavy atom. The molecule has 4 nitrogen and oxygen atoms in total. The molecule has 4 heteroatoms. The lowest BCUT2D eigenvalue weighted by Gasteiger charge is -2.18. The molecular weight excluding hydrogens is 312 g/mol. The predicted molar refractivity (Wildman–Crippen MR) is 101 cm³/mol. The van der Waals surface area contributed by atoms with Gasteiger partial charge in [0.2, 0.25) is 11.8 Å². The van der Waals surface area contributed by atoms with Crippen LogP contribution in [0, 0.1) is 33.6 Å². The fourth-order valence-electron chi connectivity index (χ4n) is 3.30. The Morgan fingerprint density at radius 2 is 1.68 bits per heavy atom. The molecule has 0 bridgehead atoms. The second-order valence-corrected chi connectivity index (χ2v) is 7.04. The summed E-state index contributed by atoms with van der Waals surface area (Å²) in [5.74, 6) is -0.413. The quantitative estimate of drug-likeness (QED) is 0.924. The number of hydrogen-bond acceptors (Lipinski definition) is 2. The Kier molecular flexibility index (Phi) is 4.62. The fourth-order valence-corrected chi connectivity index (χ4v) is 3.30. The van der Waals surface area contributed by atoms with Gasteiger partial charge < -0.3 is 10.2 Å². The molecule has 1 unspecified atom stereocenters. The van der Waals surface area contributed by atoms with Crippen LogP contribution in [0.5, 0.6) is 0 Å². The number of nitrogens with one attached hydrogen (secondary N) is 1. The maximum Gasteiger partial charge on any atom is 0.229 e. The van der Waals surface area contributed by atoms with E-state index < -0.39 is 0 Å². The molecule has 3 rings (SSSR count). The Balaban J connectivity index is 1.73. The van der Waals surface area contributed by atoms with Crippen LogP contribution in [-0.2, 0) is 9.59 Å². The summed E-state index contributed by atoms with van der Waals surface area (Å²) < 4.78 is 0. The first-order chi connectivity index (χ1) is 11.8. The van der Waals surface area contributed by atoms with E-state index in [-0.39, 0.29) is 24.2 Å². The highest BCUT2D eigenvalue weighted by Gasteiger charge is 2.35. The molecule has 1 fully saturated rings. The molecule has 1 N–H and O–H groups in total. The minimum absolute atomic E-state index is 0.00485. The molecule has 0 aromatic heterocycles. The second-order valence-electron chi connectivity index (χ2n) is 7.04. The molecule has 0 aliphatic carbocycles. The van der Waals surface area contributed by atoms with E-state index in [9.17, 15) is 9.59 Å². The van der Waals surface area contributed by atoms with Crippen molar-refractivity contribution in [1.82, 2.24) is 0 Å². The van der Waals surface area contributed by atoms with Crippen molar-refractivity contribution in [1.29, 1.82) is 0 Å². The van der Waals surface area contributed by atoms with Gasteiger partial charge in [-0.2, -0.15) is 0 Å². The number of carbonyl (C=O) groups excluding carboxylic acids is 2. The maximum atomic E-state index is 12.6. The summed E-state index contributed by atoms with van der Waals surface area (Å²) in [7, 11) is 0. The summed E-state index contributed by atoms with van der Waals surface area (Å²) >= 11 is 0. The molecule has 0 radical (unpaired) electrons. The fraction of sp³-hybridized carbons (Fsp3) is 0.333. The van der Waals surface area contributed by atoms with E-state index in [1.165, 1.54) is 5.56 Å². The third-order valence-electron chi connectivity index (χ3n) is 4.79. The summed E-state index contributed by atoms with van der Waals surface area (Å²) in [6.07, 6.45) is 0.254. The van der Waals surface area contributed by atoms with Gasteiger partial charge >= 0.3 is 0 Å². The van der Waals surface area contributed by atoms with E-state index >= 15 is 0 Å². The smallest absolute Gasteiger partial charge is 0.229 e. The number of nitrogens with zero attached hydrogens (tertiary/aromatic N) is 1. The van der Waals surface area contributed by atoms with Crippen molar-refractivity contribution < 1.29 is 9.59 Å². The summed E-state index contributed by atoms with van der Waals surface area (Å²) in [6, 6.07) is 11.9. The average Bonchev–Trinajstić information content (AvgIpc) is 2.92. The minimum atomic E-state index is -0.324. The number of carbonyl (C=O) groups is 2. The van der Waals surface area contributed by atoms with Crippen LogP contribution in [0.3, 0.4) is 0 Å². The Bertz CT molecular complexity index is 822. The highest BCUT2D eigenvalue weighted by Crippen LogP contribution is 2.28. The highest BCUT2D eigenvalue weighted by atomic mass is 16.2. The van der Waals surface area contributed by atoms with E-state index in [0.717, 1.165) is 28.1 Å². The molecule has 1 aliphatic heterocycles. The Labute approximate surface area is 148 Å². The largest absolute Gasteiger partial charge is 0.326 e. The molecule has 130 valence electrons. The van der Waals surface area contributed by atoms with E-state index in [2.05, 4.69) is 11.4 Å². The zero-order valence-corrected chi connectivity index (χ0v) is 15.2. The normalized spacial score (nSPS) is 17.0. The summed E-state index contributed by atoms with van der Waals surface area (Å²) in [4.78, 5) is 26.7. The first kappa shape index (κ1) is 17.2. The Morgan fingerprint density at radius 1 is 1.00 bits per heavy atom. The van der Waals surface area contributed by atoms with Gasteiger partial charge in [0.05, 0.1) is 5.92 Å². The van der Waals surface area contributed by atoms with Crippen LogP contribution in [0.2, 0.25) is 0 Å². The molecule has 2 amide bonds. The molecule has 1 heterocycles. The lowest BCUT2D eigenvalue weighted by molar-refractivity contribution is -0.122. The summed E-state index contributed by atoms with van der Waals surface area (Å²) in [5, 5.41) is 2.95. The topological polar surface area (TPSA) is 49.4 Å². The molecule has 1 aliphatic rings.